The lowest BCUT2D eigenvalue weighted by atomic mass is 10.1. The number of aliphatic hydroxyl groups excluding tert-OH is 1. The van der Waals surface area contributed by atoms with Crippen LogP contribution in [0.15, 0.2) is 29.8 Å². The van der Waals surface area contributed by atoms with Gasteiger partial charge in [0.15, 0.2) is 11.5 Å². The van der Waals surface area contributed by atoms with Crippen LogP contribution in [0.2, 0.25) is 0 Å². The molecule has 3 heterocycles. The molecule has 0 aromatic carbocycles. The van der Waals surface area contributed by atoms with Gasteiger partial charge in [0, 0.05) is 5.56 Å². The van der Waals surface area contributed by atoms with Gasteiger partial charge in [0.2, 0.25) is 0 Å². The highest BCUT2D eigenvalue weighted by atomic mass is 32.1. The van der Waals surface area contributed by atoms with Gasteiger partial charge in [-0.05, 0) is 36.9 Å². The van der Waals surface area contributed by atoms with Gasteiger partial charge >= 0.3 is 12.1 Å². The summed E-state index contributed by atoms with van der Waals surface area (Å²) in [6, 6.07) is 4.54. The van der Waals surface area contributed by atoms with Crippen molar-refractivity contribution >= 4 is 17.3 Å². The molecule has 148 valence electrons. The minimum absolute atomic E-state index is 0.0588. The van der Waals surface area contributed by atoms with Gasteiger partial charge in [0.1, 0.15) is 5.56 Å². The summed E-state index contributed by atoms with van der Waals surface area (Å²) in [5.41, 5.74) is 0.0126. The number of ether oxygens (including phenoxy) is 1. The average Bonchev–Trinajstić information content (AvgIpc) is 3.25. The van der Waals surface area contributed by atoms with Crippen LogP contribution in [-0.4, -0.2) is 32.4 Å². The lowest BCUT2D eigenvalue weighted by Gasteiger charge is -2.12. The number of pyridine rings is 1. The van der Waals surface area contributed by atoms with Crippen LogP contribution in [-0.2, 0) is 17.5 Å². The fraction of sp³-hybridized carbons (Fsp3) is 0.278. The first-order valence-electron chi connectivity index (χ1n) is 8.25. The third kappa shape index (κ3) is 3.65. The van der Waals surface area contributed by atoms with Gasteiger partial charge in [0.05, 0.1) is 30.0 Å². The molecule has 6 nitrogen and oxygen atoms in total. The third-order valence-corrected chi connectivity index (χ3v) is 5.14. The van der Waals surface area contributed by atoms with Crippen molar-refractivity contribution in [2.45, 2.75) is 26.6 Å². The van der Waals surface area contributed by atoms with Gasteiger partial charge in [-0.2, -0.15) is 18.3 Å². The third-order valence-electron chi connectivity index (χ3n) is 3.98. The molecule has 0 saturated carbocycles. The number of nitrogens with zero attached hydrogens (tertiary/aromatic N) is 3. The van der Waals surface area contributed by atoms with Crippen molar-refractivity contribution in [2.24, 2.45) is 0 Å². The number of alkyl halides is 3. The first-order valence-corrected chi connectivity index (χ1v) is 9.13. The molecule has 0 aliphatic carbocycles. The molecular weight excluding hydrogens is 395 g/mol. The number of esters is 1. The fourth-order valence-electron chi connectivity index (χ4n) is 2.70. The predicted octanol–water partition coefficient (Wildman–Crippen LogP) is 3.99. The predicted molar refractivity (Wildman–Crippen MR) is 96.3 cm³/mol. The minimum Gasteiger partial charge on any atom is -0.462 e. The van der Waals surface area contributed by atoms with E-state index in [2.05, 4.69) is 10.1 Å². The lowest BCUT2D eigenvalue weighted by molar-refractivity contribution is -0.143. The van der Waals surface area contributed by atoms with Gasteiger partial charge in [-0.3, -0.25) is 0 Å². The molecule has 0 unspecified atom stereocenters. The Morgan fingerprint density at radius 1 is 1.36 bits per heavy atom. The Balaban J connectivity index is 2.13. The van der Waals surface area contributed by atoms with Crippen LogP contribution >= 0.6 is 11.3 Å². The lowest BCUT2D eigenvalue weighted by Crippen LogP contribution is -2.19. The zero-order chi connectivity index (χ0) is 20.5. The number of aryl methyl sites for hydroxylation is 1. The average molecular weight is 411 g/mol. The molecule has 0 radical (unpaired) electrons. The van der Waals surface area contributed by atoms with Crippen molar-refractivity contribution in [3.63, 3.8) is 0 Å². The van der Waals surface area contributed by atoms with Crippen LogP contribution in [0.3, 0.4) is 0 Å². The highest BCUT2D eigenvalue weighted by molar-refractivity contribution is 7.13. The fourth-order valence-corrected chi connectivity index (χ4v) is 3.74. The van der Waals surface area contributed by atoms with Gasteiger partial charge in [-0.1, -0.05) is 6.07 Å². The molecule has 10 heteroatoms. The largest absolute Gasteiger partial charge is 0.462 e. The smallest absolute Gasteiger partial charge is 0.434 e. The molecular formula is C18H16F3N3O3S. The topological polar surface area (TPSA) is 77.2 Å². The molecule has 0 saturated heterocycles. The van der Waals surface area contributed by atoms with Gasteiger partial charge in [-0.25, -0.2) is 14.5 Å². The Hall–Kier alpha value is -2.72. The Kier molecular flexibility index (Phi) is 5.52. The first-order chi connectivity index (χ1) is 13.3. The molecule has 0 fully saturated rings. The van der Waals surface area contributed by atoms with Crippen molar-refractivity contribution in [1.29, 1.82) is 0 Å². The number of carbonyl (C=O) groups is 1. The number of carbonyl (C=O) groups excluding carboxylic acids is 1. The summed E-state index contributed by atoms with van der Waals surface area (Å²) in [6.45, 7) is 3.06. The molecule has 0 aliphatic heterocycles. The Morgan fingerprint density at radius 3 is 2.75 bits per heavy atom. The molecule has 1 N–H and O–H groups in total. The van der Waals surface area contributed by atoms with E-state index in [1.54, 1.807) is 12.1 Å². The normalized spacial score (nSPS) is 11.6. The van der Waals surface area contributed by atoms with Crippen molar-refractivity contribution in [3.8, 4) is 16.4 Å². The number of thiophene rings is 1. The van der Waals surface area contributed by atoms with Gasteiger partial charge in [0.25, 0.3) is 0 Å². The molecule has 0 bridgehead atoms. The second kappa shape index (κ2) is 7.72. The molecule has 0 amide bonds. The number of halogens is 3. The van der Waals surface area contributed by atoms with E-state index in [0.29, 0.717) is 20.8 Å². The van der Waals surface area contributed by atoms with Crippen LogP contribution in [0.4, 0.5) is 13.2 Å². The van der Waals surface area contributed by atoms with Crippen molar-refractivity contribution in [3.05, 3.63) is 52.2 Å². The monoisotopic (exact) mass is 411 g/mol. The molecule has 0 spiro atoms. The summed E-state index contributed by atoms with van der Waals surface area (Å²) in [4.78, 5) is 16.8. The van der Waals surface area contributed by atoms with E-state index < -0.39 is 23.4 Å². The maximum Gasteiger partial charge on any atom is 0.434 e. The highest BCUT2D eigenvalue weighted by Crippen LogP contribution is 2.35. The van der Waals surface area contributed by atoms with E-state index in [4.69, 9.17) is 4.74 Å². The number of hydrogen-bond donors (Lipinski definition) is 1. The molecule has 0 atom stereocenters. The van der Waals surface area contributed by atoms with E-state index in [1.807, 2.05) is 12.3 Å². The maximum atomic E-state index is 13.6. The zero-order valence-electron chi connectivity index (χ0n) is 14.9. The van der Waals surface area contributed by atoms with Gasteiger partial charge in [-0.15, -0.1) is 11.3 Å². The Labute approximate surface area is 162 Å². The van der Waals surface area contributed by atoms with Crippen LogP contribution in [0.5, 0.6) is 0 Å². The highest BCUT2D eigenvalue weighted by Gasteiger charge is 2.41. The van der Waals surface area contributed by atoms with Crippen LogP contribution < -0.4 is 0 Å². The van der Waals surface area contributed by atoms with Crippen LogP contribution in [0, 0.1) is 6.92 Å². The molecule has 3 aromatic rings. The molecule has 3 rings (SSSR count). The van der Waals surface area contributed by atoms with E-state index in [-0.39, 0.29) is 19.0 Å². The Bertz CT molecular complexity index is 1010. The number of rotatable bonds is 5. The second-order valence-corrected chi connectivity index (χ2v) is 6.68. The summed E-state index contributed by atoms with van der Waals surface area (Å²) < 4.78 is 46.2. The minimum atomic E-state index is -4.84. The summed E-state index contributed by atoms with van der Waals surface area (Å²) in [5, 5.41) is 15.1. The van der Waals surface area contributed by atoms with E-state index >= 15 is 0 Å². The summed E-state index contributed by atoms with van der Waals surface area (Å²) in [5.74, 6) is -1.20. The standard InChI is InChI=1S/C18H16F3N3O3S/c1-3-27-17(26)11-7-22-24(16(11)18(19,20)21)14-6-4-5-13(23-14)15-12(8-25)10(2)9-28-15/h4-7,9,25H,3,8H2,1-2H3. The summed E-state index contributed by atoms with van der Waals surface area (Å²) in [6.07, 6.45) is -4.02. The number of aliphatic hydroxyl groups is 1. The second-order valence-electron chi connectivity index (χ2n) is 5.80. The number of hydrogen-bond acceptors (Lipinski definition) is 6. The van der Waals surface area contributed by atoms with E-state index in [9.17, 15) is 23.1 Å². The first kappa shape index (κ1) is 20.0. The molecule has 28 heavy (non-hydrogen) atoms. The van der Waals surface area contributed by atoms with Gasteiger partial charge < -0.3 is 9.84 Å². The Morgan fingerprint density at radius 2 is 2.11 bits per heavy atom. The SMILES string of the molecule is CCOC(=O)c1cnn(-c2cccc(-c3scc(C)c3CO)n2)c1C(F)(F)F. The number of aromatic nitrogens is 3. The quantitative estimate of drug-likeness (QED) is 0.643. The maximum absolute atomic E-state index is 13.6. The summed E-state index contributed by atoms with van der Waals surface area (Å²) >= 11 is 1.34. The zero-order valence-corrected chi connectivity index (χ0v) is 15.8. The van der Waals surface area contributed by atoms with Crippen LogP contribution in [0.1, 0.15) is 34.1 Å². The van der Waals surface area contributed by atoms with Crippen molar-refractivity contribution < 1.29 is 27.8 Å². The van der Waals surface area contributed by atoms with Crippen molar-refractivity contribution in [1.82, 2.24) is 14.8 Å². The van der Waals surface area contributed by atoms with Crippen LogP contribution in [0.25, 0.3) is 16.4 Å². The molecule has 0 aliphatic rings. The molecule has 3 aromatic heterocycles. The van der Waals surface area contributed by atoms with Crippen molar-refractivity contribution in [2.75, 3.05) is 6.61 Å². The van der Waals surface area contributed by atoms with E-state index in [1.165, 1.54) is 24.3 Å². The summed E-state index contributed by atoms with van der Waals surface area (Å²) in [7, 11) is 0. The van der Waals surface area contributed by atoms with E-state index in [0.717, 1.165) is 11.8 Å².